The minimum atomic E-state index is 0.569. The van der Waals surface area contributed by atoms with E-state index in [1.807, 2.05) is 0 Å². The summed E-state index contributed by atoms with van der Waals surface area (Å²) in [6.45, 7) is 6.79. The summed E-state index contributed by atoms with van der Waals surface area (Å²) in [5.41, 5.74) is 4.13. The molecule has 1 aromatic heterocycles. The molecule has 0 atom stereocenters. The molecule has 2 heteroatoms. The van der Waals surface area contributed by atoms with E-state index in [0.717, 1.165) is 19.0 Å². The Morgan fingerprint density at radius 2 is 1.89 bits per heavy atom. The number of piperidine rings is 1. The highest BCUT2D eigenvalue weighted by molar-refractivity contribution is 5.81. The Hall–Kier alpha value is -1.28. The molecule has 2 nitrogen and oxygen atoms in total. The van der Waals surface area contributed by atoms with Crippen LogP contribution in [-0.2, 0) is 0 Å². The van der Waals surface area contributed by atoms with E-state index in [1.165, 1.54) is 35.0 Å². The molecule has 2 aromatic rings. The second kappa shape index (κ2) is 4.77. The summed E-state index contributed by atoms with van der Waals surface area (Å²) < 4.78 is 0. The Bertz CT molecular complexity index is 533. The molecule has 2 heterocycles. The first-order chi connectivity index (χ1) is 8.74. The Kier molecular flexibility index (Phi) is 3.13. The maximum absolute atomic E-state index is 3.51. The van der Waals surface area contributed by atoms with Gasteiger partial charge < -0.3 is 10.3 Å². The van der Waals surface area contributed by atoms with Gasteiger partial charge in [0.15, 0.2) is 0 Å². The molecule has 0 amide bonds. The summed E-state index contributed by atoms with van der Waals surface area (Å²) in [4.78, 5) is 3.51. The summed E-state index contributed by atoms with van der Waals surface area (Å²) in [5.74, 6) is 1.31. The van der Waals surface area contributed by atoms with E-state index in [2.05, 4.69) is 48.4 Å². The third-order valence-electron chi connectivity index (χ3n) is 4.10. The van der Waals surface area contributed by atoms with Crippen LogP contribution in [0.15, 0.2) is 24.3 Å². The number of fused-ring (bicyclic) bond motifs is 1. The van der Waals surface area contributed by atoms with Crippen LogP contribution in [0.3, 0.4) is 0 Å². The van der Waals surface area contributed by atoms with Gasteiger partial charge in [-0.1, -0.05) is 19.9 Å². The first kappa shape index (κ1) is 11.8. The van der Waals surface area contributed by atoms with Crippen LogP contribution < -0.4 is 5.32 Å². The van der Waals surface area contributed by atoms with Gasteiger partial charge in [0.1, 0.15) is 0 Å². The zero-order chi connectivity index (χ0) is 12.5. The minimum absolute atomic E-state index is 0.569. The van der Waals surface area contributed by atoms with Gasteiger partial charge in [0.25, 0.3) is 0 Å². The number of hydrogen-bond acceptors (Lipinski definition) is 1. The van der Waals surface area contributed by atoms with E-state index in [9.17, 15) is 0 Å². The predicted molar refractivity (Wildman–Crippen MR) is 77.2 cm³/mol. The van der Waals surface area contributed by atoms with Crippen LogP contribution in [0.2, 0.25) is 0 Å². The maximum atomic E-state index is 3.51. The second-order valence-corrected chi connectivity index (χ2v) is 5.75. The lowest BCUT2D eigenvalue weighted by Gasteiger charge is -2.22. The Labute approximate surface area is 109 Å². The zero-order valence-corrected chi connectivity index (χ0v) is 11.3. The van der Waals surface area contributed by atoms with Crippen LogP contribution in [-0.4, -0.2) is 18.1 Å². The van der Waals surface area contributed by atoms with Crippen molar-refractivity contribution >= 4 is 10.9 Å². The van der Waals surface area contributed by atoms with E-state index in [4.69, 9.17) is 0 Å². The largest absolute Gasteiger partial charge is 0.358 e. The van der Waals surface area contributed by atoms with Crippen LogP contribution in [0.1, 0.15) is 49.8 Å². The van der Waals surface area contributed by atoms with Crippen LogP contribution in [0.4, 0.5) is 0 Å². The van der Waals surface area contributed by atoms with Crippen molar-refractivity contribution in [1.82, 2.24) is 10.3 Å². The average Bonchev–Trinajstić information content (AvgIpc) is 2.82. The van der Waals surface area contributed by atoms with E-state index < -0.39 is 0 Å². The van der Waals surface area contributed by atoms with Crippen molar-refractivity contribution in [2.45, 2.75) is 38.5 Å². The second-order valence-electron chi connectivity index (χ2n) is 5.75. The summed E-state index contributed by atoms with van der Waals surface area (Å²) in [6.07, 6.45) is 2.54. The first-order valence-corrected chi connectivity index (χ1v) is 7.07. The highest BCUT2D eigenvalue weighted by atomic mass is 14.9. The van der Waals surface area contributed by atoms with Gasteiger partial charge in [-0.3, -0.25) is 0 Å². The fourth-order valence-corrected chi connectivity index (χ4v) is 2.89. The third kappa shape index (κ3) is 2.17. The van der Waals surface area contributed by atoms with Gasteiger partial charge in [0, 0.05) is 11.2 Å². The normalized spacial score (nSPS) is 17.7. The highest BCUT2D eigenvalue weighted by Crippen LogP contribution is 2.29. The van der Waals surface area contributed by atoms with Crippen molar-refractivity contribution in [2.24, 2.45) is 0 Å². The highest BCUT2D eigenvalue weighted by Gasteiger charge is 2.15. The molecular weight excluding hydrogens is 220 g/mol. The summed E-state index contributed by atoms with van der Waals surface area (Å²) in [6, 6.07) is 9.25. The van der Waals surface area contributed by atoms with Crippen LogP contribution in [0, 0.1) is 0 Å². The van der Waals surface area contributed by atoms with Crippen molar-refractivity contribution < 1.29 is 0 Å². The van der Waals surface area contributed by atoms with Gasteiger partial charge in [-0.15, -0.1) is 0 Å². The van der Waals surface area contributed by atoms with Crippen molar-refractivity contribution in [3.05, 3.63) is 35.5 Å². The Balaban J connectivity index is 1.94. The number of nitrogens with one attached hydrogen (secondary N) is 2. The van der Waals surface area contributed by atoms with Gasteiger partial charge in [-0.05, 0) is 66.9 Å². The molecule has 0 bridgehead atoms. The molecule has 3 rings (SSSR count). The lowest BCUT2D eigenvalue weighted by atomic mass is 9.90. The summed E-state index contributed by atoms with van der Waals surface area (Å²) >= 11 is 0. The molecule has 0 radical (unpaired) electrons. The van der Waals surface area contributed by atoms with Gasteiger partial charge >= 0.3 is 0 Å². The molecule has 1 fully saturated rings. The predicted octanol–water partition coefficient (Wildman–Crippen LogP) is 3.76. The Morgan fingerprint density at radius 1 is 1.11 bits per heavy atom. The summed E-state index contributed by atoms with van der Waals surface area (Å²) in [7, 11) is 0. The molecule has 18 heavy (non-hydrogen) atoms. The molecule has 0 spiro atoms. The van der Waals surface area contributed by atoms with E-state index >= 15 is 0 Å². The third-order valence-corrected chi connectivity index (χ3v) is 4.10. The van der Waals surface area contributed by atoms with Gasteiger partial charge in [0.05, 0.1) is 0 Å². The van der Waals surface area contributed by atoms with E-state index in [1.54, 1.807) is 0 Å². The molecule has 0 saturated carbocycles. The van der Waals surface area contributed by atoms with E-state index in [-0.39, 0.29) is 0 Å². The fraction of sp³-hybridized carbons (Fsp3) is 0.500. The molecule has 0 aliphatic carbocycles. The lowest BCUT2D eigenvalue weighted by Crippen LogP contribution is -2.26. The van der Waals surface area contributed by atoms with Crippen molar-refractivity contribution in [3.63, 3.8) is 0 Å². The van der Waals surface area contributed by atoms with Crippen LogP contribution in [0.25, 0.3) is 10.9 Å². The molecule has 1 aliphatic rings. The van der Waals surface area contributed by atoms with Crippen LogP contribution in [0.5, 0.6) is 0 Å². The lowest BCUT2D eigenvalue weighted by molar-refractivity contribution is 0.460. The number of aromatic amines is 1. The number of benzene rings is 1. The Morgan fingerprint density at radius 3 is 2.61 bits per heavy atom. The summed E-state index contributed by atoms with van der Waals surface area (Å²) in [5, 5.41) is 4.80. The molecule has 96 valence electrons. The molecule has 0 unspecified atom stereocenters. The van der Waals surface area contributed by atoms with Gasteiger partial charge in [0.2, 0.25) is 0 Å². The maximum Gasteiger partial charge on any atom is 0.0456 e. The molecule has 1 aromatic carbocycles. The number of H-pyrrole nitrogens is 1. The van der Waals surface area contributed by atoms with Crippen molar-refractivity contribution in [3.8, 4) is 0 Å². The number of rotatable bonds is 2. The smallest absolute Gasteiger partial charge is 0.0456 e. The first-order valence-electron chi connectivity index (χ1n) is 7.07. The quantitative estimate of drug-likeness (QED) is 0.824. The topological polar surface area (TPSA) is 27.8 Å². The van der Waals surface area contributed by atoms with Gasteiger partial charge in [-0.25, -0.2) is 0 Å². The SMILES string of the molecule is CC(C)c1cc2cc(C3CCNCC3)ccc2[nH]1. The molecule has 1 aliphatic heterocycles. The monoisotopic (exact) mass is 242 g/mol. The fourth-order valence-electron chi connectivity index (χ4n) is 2.89. The minimum Gasteiger partial charge on any atom is -0.358 e. The van der Waals surface area contributed by atoms with Crippen molar-refractivity contribution in [1.29, 1.82) is 0 Å². The zero-order valence-electron chi connectivity index (χ0n) is 11.3. The average molecular weight is 242 g/mol. The van der Waals surface area contributed by atoms with E-state index in [0.29, 0.717) is 5.92 Å². The standard InChI is InChI=1S/C16H22N2/c1-11(2)16-10-14-9-13(3-4-15(14)18-16)12-5-7-17-8-6-12/h3-4,9-12,17-18H,5-8H2,1-2H3. The molecule has 2 N–H and O–H groups in total. The van der Waals surface area contributed by atoms with Crippen LogP contribution >= 0.6 is 0 Å². The number of hydrogen-bond donors (Lipinski definition) is 2. The number of aromatic nitrogens is 1. The van der Waals surface area contributed by atoms with Crippen molar-refractivity contribution in [2.75, 3.05) is 13.1 Å². The molecule has 1 saturated heterocycles. The molecular formula is C16H22N2. The van der Waals surface area contributed by atoms with Gasteiger partial charge in [-0.2, -0.15) is 0 Å².